The van der Waals surface area contributed by atoms with Crippen molar-refractivity contribution < 1.29 is 18.6 Å². The summed E-state index contributed by atoms with van der Waals surface area (Å²) >= 11 is 0. The minimum atomic E-state index is -0.142. The number of carbonyl (C=O) groups excluding carboxylic acids is 1. The number of benzene rings is 2. The molecule has 8 heteroatoms. The zero-order valence-corrected chi connectivity index (χ0v) is 16.8. The zero-order chi connectivity index (χ0) is 21.1. The summed E-state index contributed by atoms with van der Waals surface area (Å²) in [4.78, 5) is 16.8. The molecular formula is C22H20N4O4. The predicted molar refractivity (Wildman–Crippen MR) is 110 cm³/mol. The van der Waals surface area contributed by atoms with Gasteiger partial charge in [-0.05, 0) is 56.3 Å². The lowest BCUT2D eigenvalue weighted by Crippen LogP contribution is -2.15. The Kier molecular flexibility index (Phi) is 5.30. The number of carbonyl (C=O) groups is 1. The van der Waals surface area contributed by atoms with Crippen LogP contribution in [0.4, 0.5) is 5.69 Å². The molecule has 8 nitrogen and oxygen atoms in total. The van der Waals surface area contributed by atoms with Crippen LogP contribution in [0.25, 0.3) is 22.8 Å². The Morgan fingerprint density at radius 3 is 2.53 bits per heavy atom. The molecule has 0 radical (unpaired) electrons. The molecule has 2 aromatic heterocycles. The SMILES string of the molecule is COc1cccc(-c2nc(-c3ccc(NC(=O)Cc4c(C)noc4C)cc3)no2)c1. The summed E-state index contributed by atoms with van der Waals surface area (Å²) in [5.41, 5.74) is 3.75. The molecule has 1 amide bonds. The third-order valence-electron chi connectivity index (χ3n) is 4.69. The van der Waals surface area contributed by atoms with Crippen LogP contribution < -0.4 is 10.1 Å². The van der Waals surface area contributed by atoms with Gasteiger partial charge in [-0.1, -0.05) is 16.4 Å². The molecule has 0 fully saturated rings. The van der Waals surface area contributed by atoms with E-state index < -0.39 is 0 Å². The summed E-state index contributed by atoms with van der Waals surface area (Å²) in [6, 6.07) is 14.6. The highest BCUT2D eigenvalue weighted by Crippen LogP contribution is 2.26. The Bertz CT molecular complexity index is 1160. The van der Waals surface area contributed by atoms with E-state index in [2.05, 4.69) is 20.6 Å². The van der Waals surface area contributed by atoms with Crippen LogP contribution in [-0.4, -0.2) is 28.3 Å². The summed E-state index contributed by atoms with van der Waals surface area (Å²) in [5.74, 6) is 2.09. The molecule has 0 aliphatic rings. The van der Waals surface area contributed by atoms with Crippen LogP contribution >= 0.6 is 0 Å². The molecule has 0 saturated carbocycles. The van der Waals surface area contributed by atoms with E-state index in [9.17, 15) is 4.79 Å². The van der Waals surface area contributed by atoms with E-state index in [1.807, 2.05) is 43.3 Å². The second-order valence-corrected chi connectivity index (χ2v) is 6.76. The Labute approximate surface area is 172 Å². The van der Waals surface area contributed by atoms with Gasteiger partial charge in [0.15, 0.2) is 0 Å². The van der Waals surface area contributed by atoms with E-state index >= 15 is 0 Å². The number of amides is 1. The van der Waals surface area contributed by atoms with Crippen molar-refractivity contribution >= 4 is 11.6 Å². The molecule has 4 aromatic rings. The van der Waals surface area contributed by atoms with Crippen molar-refractivity contribution in [2.45, 2.75) is 20.3 Å². The molecule has 2 aromatic carbocycles. The smallest absolute Gasteiger partial charge is 0.258 e. The summed E-state index contributed by atoms with van der Waals surface area (Å²) < 4.78 is 15.7. The van der Waals surface area contributed by atoms with Gasteiger partial charge >= 0.3 is 0 Å². The fourth-order valence-electron chi connectivity index (χ4n) is 3.04. The van der Waals surface area contributed by atoms with E-state index in [0.29, 0.717) is 28.9 Å². The predicted octanol–water partition coefficient (Wildman–Crippen LogP) is 4.20. The van der Waals surface area contributed by atoms with Gasteiger partial charge in [-0.3, -0.25) is 4.79 Å². The van der Waals surface area contributed by atoms with Crippen LogP contribution in [0, 0.1) is 13.8 Å². The number of nitrogens with zero attached hydrogens (tertiary/aromatic N) is 3. The molecule has 0 spiro atoms. The maximum atomic E-state index is 12.3. The van der Waals surface area contributed by atoms with E-state index in [1.165, 1.54) is 0 Å². The van der Waals surface area contributed by atoms with Gasteiger partial charge in [0, 0.05) is 22.4 Å². The van der Waals surface area contributed by atoms with Crippen LogP contribution in [0.2, 0.25) is 0 Å². The number of nitrogens with one attached hydrogen (secondary N) is 1. The van der Waals surface area contributed by atoms with E-state index in [4.69, 9.17) is 13.8 Å². The maximum Gasteiger partial charge on any atom is 0.258 e. The lowest BCUT2D eigenvalue weighted by atomic mass is 10.1. The lowest BCUT2D eigenvalue weighted by molar-refractivity contribution is -0.115. The Morgan fingerprint density at radius 2 is 1.83 bits per heavy atom. The molecule has 152 valence electrons. The van der Waals surface area contributed by atoms with Crippen molar-refractivity contribution in [3.05, 3.63) is 65.5 Å². The van der Waals surface area contributed by atoms with Crippen LogP contribution in [-0.2, 0) is 11.2 Å². The quantitative estimate of drug-likeness (QED) is 0.514. The minimum absolute atomic E-state index is 0.142. The Hall–Kier alpha value is -3.94. The molecule has 4 rings (SSSR count). The Balaban J connectivity index is 1.45. The monoisotopic (exact) mass is 404 g/mol. The van der Waals surface area contributed by atoms with Gasteiger partial charge in [0.05, 0.1) is 19.2 Å². The number of rotatable bonds is 6. The first kappa shape index (κ1) is 19.4. The van der Waals surface area contributed by atoms with Crippen LogP contribution in [0.1, 0.15) is 17.0 Å². The van der Waals surface area contributed by atoms with Gasteiger partial charge in [-0.25, -0.2) is 0 Å². The van der Waals surface area contributed by atoms with Crippen molar-refractivity contribution in [1.82, 2.24) is 15.3 Å². The van der Waals surface area contributed by atoms with Crippen LogP contribution in [0.3, 0.4) is 0 Å². The van der Waals surface area contributed by atoms with Gasteiger partial charge in [0.25, 0.3) is 5.89 Å². The van der Waals surface area contributed by atoms with Crippen LogP contribution in [0.15, 0.2) is 57.6 Å². The van der Waals surface area contributed by atoms with Crippen molar-refractivity contribution in [1.29, 1.82) is 0 Å². The number of methoxy groups -OCH3 is 1. The van der Waals surface area contributed by atoms with Crippen molar-refractivity contribution in [3.8, 4) is 28.6 Å². The van der Waals surface area contributed by atoms with Gasteiger partial charge < -0.3 is 19.1 Å². The fraction of sp³-hybridized carbons (Fsp3) is 0.182. The highest BCUT2D eigenvalue weighted by molar-refractivity contribution is 5.92. The summed E-state index contributed by atoms with van der Waals surface area (Å²) in [6.07, 6.45) is 0.206. The number of hydrogen-bond acceptors (Lipinski definition) is 7. The average Bonchev–Trinajstić information content (AvgIpc) is 3.37. The molecule has 30 heavy (non-hydrogen) atoms. The maximum absolute atomic E-state index is 12.3. The largest absolute Gasteiger partial charge is 0.497 e. The van der Waals surface area contributed by atoms with Crippen molar-refractivity contribution in [3.63, 3.8) is 0 Å². The number of ether oxygens (including phenoxy) is 1. The molecule has 0 saturated heterocycles. The Morgan fingerprint density at radius 1 is 1.03 bits per heavy atom. The third kappa shape index (κ3) is 4.07. The summed E-state index contributed by atoms with van der Waals surface area (Å²) in [6.45, 7) is 3.61. The molecule has 0 aliphatic carbocycles. The van der Waals surface area contributed by atoms with E-state index in [1.54, 1.807) is 26.2 Å². The second-order valence-electron chi connectivity index (χ2n) is 6.76. The second kappa shape index (κ2) is 8.20. The molecule has 0 aliphatic heterocycles. The first-order valence-electron chi connectivity index (χ1n) is 9.33. The molecule has 0 atom stereocenters. The van der Waals surface area contributed by atoms with Gasteiger partial charge in [-0.2, -0.15) is 4.98 Å². The first-order chi connectivity index (χ1) is 14.5. The summed E-state index contributed by atoms with van der Waals surface area (Å²) in [7, 11) is 1.60. The van der Waals surface area contributed by atoms with E-state index in [0.717, 1.165) is 22.4 Å². The van der Waals surface area contributed by atoms with Crippen molar-refractivity contribution in [2.24, 2.45) is 0 Å². The van der Waals surface area contributed by atoms with Gasteiger partial charge in [0.2, 0.25) is 11.7 Å². The summed E-state index contributed by atoms with van der Waals surface area (Å²) in [5, 5.41) is 10.8. The number of aromatic nitrogens is 3. The number of anilines is 1. The lowest BCUT2D eigenvalue weighted by Gasteiger charge is -2.05. The average molecular weight is 404 g/mol. The molecule has 2 heterocycles. The van der Waals surface area contributed by atoms with Crippen molar-refractivity contribution in [2.75, 3.05) is 12.4 Å². The third-order valence-corrected chi connectivity index (χ3v) is 4.69. The van der Waals surface area contributed by atoms with Crippen LogP contribution in [0.5, 0.6) is 5.75 Å². The molecule has 1 N–H and O–H groups in total. The molecule has 0 bridgehead atoms. The van der Waals surface area contributed by atoms with Gasteiger partial charge in [0.1, 0.15) is 11.5 Å². The van der Waals surface area contributed by atoms with E-state index in [-0.39, 0.29) is 12.3 Å². The molecular weight excluding hydrogens is 384 g/mol. The minimum Gasteiger partial charge on any atom is -0.497 e. The highest BCUT2D eigenvalue weighted by Gasteiger charge is 2.14. The molecule has 0 unspecified atom stereocenters. The topological polar surface area (TPSA) is 103 Å². The number of hydrogen-bond donors (Lipinski definition) is 1. The number of aryl methyl sites for hydroxylation is 2. The standard InChI is InChI=1S/C22H20N4O4/c1-13-19(14(2)29-25-13)12-20(27)23-17-9-7-15(8-10-17)21-24-22(30-26-21)16-5-4-6-18(11-16)28-3/h4-11H,12H2,1-3H3,(H,23,27). The van der Waals surface area contributed by atoms with Gasteiger partial charge in [-0.15, -0.1) is 0 Å². The zero-order valence-electron chi connectivity index (χ0n) is 16.8. The highest BCUT2D eigenvalue weighted by atomic mass is 16.5. The first-order valence-corrected chi connectivity index (χ1v) is 9.33. The normalized spacial score (nSPS) is 10.8. The fourth-order valence-corrected chi connectivity index (χ4v) is 3.04.